The highest BCUT2D eigenvalue weighted by Crippen LogP contribution is 2.34. The fraction of sp³-hybridized carbons (Fsp3) is 0.500. The summed E-state index contributed by atoms with van der Waals surface area (Å²) in [6.45, 7) is 0. The Labute approximate surface area is 97.3 Å². The van der Waals surface area contributed by atoms with Crippen LogP contribution in [-0.4, -0.2) is 29.2 Å². The second kappa shape index (κ2) is 4.02. The molecule has 0 aromatic carbocycles. The van der Waals surface area contributed by atoms with Crippen molar-refractivity contribution in [1.29, 1.82) is 0 Å². The Bertz CT molecular complexity index is 391. The molecule has 82 valence electrons. The van der Waals surface area contributed by atoms with Crippen molar-refractivity contribution in [1.82, 2.24) is 4.90 Å². The van der Waals surface area contributed by atoms with Gasteiger partial charge in [-0.15, -0.1) is 11.3 Å². The predicted molar refractivity (Wildman–Crippen MR) is 60.9 cm³/mol. The average molecular weight is 246 g/mol. The number of amides is 1. The number of fused-ring (bicyclic) bond motifs is 1. The molecule has 0 saturated carbocycles. The van der Waals surface area contributed by atoms with Gasteiger partial charge in [0.15, 0.2) is 0 Å². The van der Waals surface area contributed by atoms with Gasteiger partial charge in [-0.3, -0.25) is 0 Å². The Morgan fingerprint density at radius 3 is 3.13 bits per heavy atom. The van der Waals surface area contributed by atoms with Gasteiger partial charge in [0, 0.05) is 13.1 Å². The zero-order chi connectivity index (χ0) is 11.0. The van der Waals surface area contributed by atoms with Crippen LogP contribution in [-0.2, 0) is 12.8 Å². The van der Waals surface area contributed by atoms with E-state index in [1.165, 1.54) is 10.5 Å². The van der Waals surface area contributed by atoms with Crippen LogP contribution in [0.3, 0.4) is 0 Å². The summed E-state index contributed by atoms with van der Waals surface area (Å²) in [5, 5.41) is 11.0. The van der Waals surface area contributed by atoms with E-state index in [2.05, 4.69) is 5.38 Å². The SMILES string of the molecule is CN(C(=O)O)C1CCc2csc(Cl)c2C1. The molecule has 1 N–H and O–H groups in total. The molecule has 5 heteroatoms. The molecule has 1 aromatic rings. The van der Waals surface area contributed by atoms with Crippen molar-refractivity contribution in [3.63, 3.8) is 0 Å². The Morgan fingerprint density at radius 1 is 1.73 bits per heavy atom. The molecule has 3 nitrogen and oxygen atoms in total. The van der Waals surface area contributed by atoms with Crippen molar-refractivity contribution in [3.05, 3.63) is 20.8 Å². The predicted octanol–water partition coefficient (Wildman–Crippen LogP) is 2.87. The Balaban J connectivity index is 2.17. The molecule has 0 bridgehead atoms. The van der Waals surface area contributed by atoms with E-state index in [0.29, 0.717) is 0 Å². The minimum Gasteiger partial charge on any atom is -0.465 e. The molecule has 1 heterocycles. The first-order chi connectivity index (χ1) is 7.09. The molecule has 0 spiro atoms. The lowest BCUT2D eigenvalue weighted by molar-refractivity contribution is 0.134. The highest BCUT2D eigenvalue weighted by molar-refractivity contribution is 7.14. The zero-order valence-electron chi connectivity index (χ0n) is 8.36. The van der Waals surface area contributed by atoms with Gasteiger partial charge in [-0.05, 0) is 35.8 Å². The number of carboxylic acid groups (broad SMARTS) is 1. The van der Waals surface area contributed by atoms with Gasteiger partial charge >= 0.3 is 6.09 Å². The van der Waals surface area contributed by atoms with E-state index in [9.17, 15) is 4.79 Å². The Morgan fingerprint density at radius 2 is 2.47 bits per heavy atom. The normalized spacial score (nSPS) is 19.7. The second-order valence-corrected chi connectivity index (χ2v) is 5.29. The lowest BCUT2D eigenvalue weighted by Crippen LogP contribution is -2.39. The number of hydrogen-bond donors (Lipinski definition) is 1. The minimum atomic E-state index is -0.866. The van der Waals surface area contributed by atoms with E-state index < -0.39 is 6.09 Å². The molecule has 0 fully saturated rings. The maximum atomic E-state index is 10.8. The molecule has 2 rings (SSSR count). The van der Waals surface area contributed by atoms with Crippen LogP contribution in [0.5, 0.6) is 0 Å². The van der Waals surface area contributed by atoms with Crippen molar-refractivity contribution in [2.45, 2.75) is 25.3 Å². The Hall–Kier alpha value is -0.740. The van der Waals surface area contributed by atoms with Crippen LogP contribution in [0.15, 0.2) is 5.38 Å². The molecule has 1 aromatic heterocycles. The lowest BCUT2D eigenvalue weighted by Gasteiger charge is -2.29. The molecule has 1 aliphatic carbocycles. The number of likely N-dealkylation sites (N-methyl/N-ethyl adjacent to an activating group) is 1. The molecular weight excluding hydrogens is 234 g/mol. The number of nitrogens with zero attached hydrogens (tertiary/aromatic N) is 1. The van der Waals surface area contributed by atoms with Gasteiger partial charge in [0.05, 0.1) is 4.34 Å². The molecular formula is C10H12ClNO2S. The molecule has 0 radical (unpaired) electrons. The summed E-state index contributed by atoms with van der Waals surface area (Å²) < 4.78 is 0.813. The molecule has 15 heavy (non-hydrogen) atoms. The quantitative estimate of drug-likeness (QED) is 0.827. The fourth-order valence-corrected chi connectivity index (χ4v) is 3.15. The first kappa shape index (κ1) is 10.8. The van der Waals surface area contributed by atoms with Crippen molar-refractivity contribution < 1.29 is 9.90 Å². The van der Waals surface area contributed by atoms with Gasteiger partial charge in [-0.1, -0.05) is 11.6 Å². The van der Waals surface area contributed by atoms with E-state index in [-0.39, 0.29) is 6.04 Å². The standard InChI is InChI=1S/C10H12ClNO2S/c1-12(10(13)14)7-3-2-6-5-15-9(11)8(6)4-7/h5,7H,2-4H2,1H3,(H,13,14). The number of halogens is 1. The molecule has 0 saturated heterocycles. The largest absolute Gasteiger partial charge is 0.465 e. The number of carbonyl (C=O) groups is 1. The van der Waals surface area contributed by atoms with Gasteiger partial charge in [0.1, 0.15) is 0 Å². The fourth-order valence-electron chi connectivity index (χ4n) is 1.96. The average Bonchev–Trinajstić information content (AvgIpc) is 2.59. The number of rotatable bonds is 1. The van der Waals surface area contributed by atoms with Crippen LogP contribution in [0.1, 0.15) is 17.5 Å². The highest BCUT2D eigenvalue weighted by atomic mass is 35.5. The summed E-state index contributed by atoms with van der Waals surface area (Å²) in [4.78, 5) is 12.2. The molecule has 1 atom stereocenters. The van der Waals surface area contributed by atoms with Crippen LogP contribution < -0.4 is 0 Å². The van der Waals surface area contributed by atoms with Crippen molar-refractivity contribution >= 4 is 29.0 Å². The maximum absolute atomic E-state index is 10.8. The van der Waals surface area contributed by atoms with E-state index in [1.54, 1.807) is 18.4 Å². The van der Waals surface area contributed by atoms with E-state index in [1.807, 2.05) is 0 Å². The zero-order valence-corrected chi connectivity index (χ0v) is 9.94. The summed E-state index contributed by atoms with van der Waals surface area (Å²) >= 11 is 7.60. The Kier molecular flexibility index (Phi) is 2.89. The van der Waals surface area contributed by atoms with Gasteiger partial charge in [0.25, 0.3) is 0 Å². The number of aryl methyl sites for hydroxylation is 1. The van der Waals surface area contributed by atoms with Crippen LogP contribution in [0, 0.1) is 0 Å². The summed E-state index contributed by atoms with van der Waals surface area (Å²) in [6, 6.07) is 0.0714. The molecule has 1 amide bonds. The topological polar surface area (TPSA) is 40.5 Å². The van der Waals surface area contributed by atoms with Crippen LogP contribution >= 0.6 is 22.9 Å². The highest BCUT2D eigenvalue weighted by Gasteiger charge is 2.26. The maximum Gasteiger partial charge on any atom is 0.407 e. The lowest BCUT2D eigenvalue weighted by atomic mass is 9.91. The first-order valence-corrected chi connectivity index (χ1v) is 6.06. The van der Waals surface area contributed by atoms with E-state index in [0.717, 1.165) is 29.2 Å². The van der Waals surface area contributed by atoms with Gasteiger partial charge in [0.2, 0.25) is 0 Å². The van der Waals surface area contributed by atoms with Crippen molar-refractivity contribution in [2.75, 3.05) is 7.05 Å². The molecule has 1 aliphatic rings. The first-order valence-electron chi connectivity index (χ1n) is 4.80. The van der Waals surface area contributed by atoms with Gasteiger partial charge < -0.3 is 10.0 Å². The summed E-state index contributed by atoms with van der Waals surface area (Å²) in [7, 11) is 1.62. The molecule has 0 aliphatic heterocycles. The van der Waals surface area contributed by atoms with Crippen LogP contribution in [0.25, 0.3) is 0 Å². The smallest absolute Gasteiger partial charge is 0.407 e. The van der Waals surface area contributed by atoms with Crippen molar-refractivity contribution in [3.8, 4) is 0 Å². The van der Waals surface area contributed by atoms with Crippen LogP contribution in [0.4, 0.5) is 4.79 Å². The van der Waals surface area contributed by atoms with Crippen LogP contribution in [0.2, 0.25) is 4.34 Å². The third-order valence-corrected chi connectivity index (χ3v) is 4.32. The number of thiophene rings is 1. The monoisotopic (exact) mass is 245 g/mol. The minimum absolute atomic E-state index is 0.0714. The van der Waals surface area contributed by atoms with Gasteiger partial charge in [-0.25, -0.2) is 4.79 Å². The van der Waals surface area contributed by atoms with Gasteiger partial charge in [-0.2, -0.15) is 0 Å². The summed E-state index contributed by atoms with van der Waals surface area (Å²) in [6.07, 6.45) is 1.71. The van der Waals surface area contributed by atoms with E-state index >= 15 is 0 Å². The molecule has 1 unspecified atom stereocenters. The summed E-state index contributed by atoms with van der Waals surface area (Å²) in [5.74, 6) is 0. The van der Waals surface area contributed by atoms with E-state index in [4.69, 9.17) is 16.7 Å². The third-order valence-electron chi connectivity index (χ3n) is 2.97. The van der Waals surface area contributed by atoms with Crippen molar-refractivity contribution in [2.24, 2.45) is 0 Å². The third kappa shape index (κ3) is 1.96. The second-order valence-electron chi connectivity index (χ2n) is 3.80. The number of hydrogen-bond acceptors (Lipinski definition) is 2. The summed E-state index contributed by atoms with van der Waals surface area (Å²) in [5.41, 5.74) is 2.44.